The number of hydrogen-bond acceptors (Lipinski definition) is 5. The van der Waals surface area contributed by atoms with E-state index in [1.165, 1.54) is 18.7 Å². The minimum atomic E-state index is -0.632. The number of aromatic amines is 1. The fraction of sp³-hybridized carbons (Fsp3) is 0.0909. The highest BCUT2D eigenvalue weighted by Crippen LogP contribution is 2.30. The van der Waals surface area contributed by atoms with E-state index in [1.54, 1.807) is 18.2 Å². The third kappa shape index (κ3) is 3.54. The molecule has 0 aliphatic carbocycles. The van der Waals surface area contributed by atoms with Gasteiger partial charge in [-0.3, -0.25) is 0 Å². The molecule has 0 amide bonds. The number of imidazole rings is 1. The zero-order chi connectivity index (χ0) is 21.4. The number of rotatable bonds is 5. The van der Waals surface area contributed by atoms with Crippen molar-refractivity contribution in [3.63, 3.8) is 0 Å². The maximum Gasteiger partial charge on any atom is 0.162 e. The largest absolute Gasteiger partial charge is 0.368 e. The Morgan fingerprint density at radius 2 is 1.81 bits per heavy atom. The van der Waals surface area contributed by atoms with Gasteiger partial charge in [0.25, 0.3) is 0 Å². The molecule has 154 valence electrons. The van der Waals surface area contributed by atoms with Crippen molar-refractivity contribution in [1.29, 1.82) is 0 Å². The van der Waals surface area contributed by atoms with Crippen molar-refractivity contribution in [3.8, 4) is 11.3 Å². The van der Waals surface area contributed by atoms with Crippen molar-refractivity contribution in [2.45, 2.75) is 6.42 Å². The zero-order valence-corrected chi connectivity index (χ0v) is 16.0. The van der Waals surface area contributed by atoms with Crippen molar-refractivity contribution < 1.29 is 13.2 Å². The minimum Gasteiger partial charge on any atom is -0.368 e. The van der Waals surface area contributed by atoms with Crippen LogP contribution in [0.1, 0.15) is 5.56 Å². The van der Waals surface area contributed by atoms with E-state index in [4.69, 9.17) is 0 Å². The molecule has 31 heavy (non-hydrogen) atoms. The lowest BCUT2D eigenvalue weighted by Crippen LogP contribution is -2.09. The van der Waals surface area contributed by atoms with Crippen molar-refractivity contribution in [1.82, 2.24) is 24.9 Å². The predicted molar refractivity (Wildman–Crippen MR) is 111 cm³/mol. The molecule has 3 heterocycles. The molecule has 0 spiro atoms. The van der Waals surface area contributed by atoms with Crippen LogP contribution >= 0.6 is 0 Å². The number of benzene rings is 2. The molecule has 2 aromatic carbocycles. The van der Waals surface area contributed by atoms with Gasteiger partial charge < -0.3 is 10.3 Å². The summed E-state index contributed by atoms with van der Waals surface area (Å²) in [7, 11) is 0. The molecule has 6 nitrogen and oxygen atoms in total. The lowest BCUT2D eigenvalue weighted by molar-refractivity contribution is 0.602. The average Bonchev–Trinajstić information content (AvgIpc) is 3.25. The highest BCUT2D eigenvalue weighted by atomic mass is 19.1. The standard InChI is InChI=1S/C22H15F3N6/c23-14-4-5-16(24)15(9-14)18-13(8-12-2-1-3-17(25)19(12)31-18)6-7-26-21-20-22(28-10-27-20)30-11-29-21/h1-5,8-11H,6-7H2,(H2,26,27,28,29,30). The Balaban J connectivity index is 1.53. The number of fused-ring (bicyclic) bond motifs is 2. The van der Waals surface area contributed by atoms with Crippen LogP contribution < -0.4 is 5.32 Å². The van der Waals surface area contributed by atoms with Crippen LogP contribution in [0, 0.1) is 17.5 Å². The van der Waals surface area contributed by atoms with Gasteiger partial charge in [0.05, 0.1) is 12.0 Å². The Hall–Kier alpha value is -4.01. The van der Waals surface area contributed by atoms with Crippen LogP contribution in [-0.4, -0.2) is 31.5 Å². The minimum absolute atomic E-state index is 0.0168. The first kappa shape index (κ1) is 19.0. The molecule has 0 radical (unpaired) electrons. The maximum absolute atomic E-state index is 14.5. The molecule has 0 bridgehead atoms. The van der Waals surface area contributed by atoms with Crippen LogP contribution in [0.3, 0.4) is 0 Å². The molecule has 3 aromatic heterocycles. The first-order chi connectivity index (χ1) is 15.1. The summed E-state index contributed by atoms with van der Waals surface area (Å²) >= 11 is 0. The predicted octanol–water partition coefficient (Wildman–Crippen LogP) is 4.64. The molecule has 0 aliphatic rings. The maximum atomic E-state index is 14.5. The van der Waals surface area contributed by atoms with Gasteiger partial charge in [-0.2, -0.15) is 0 Å². The Labute approximate surface area is 174 Å². The van der Waals surface area contributed by atoms with Crippen LogP contribution in [0.15, 0.2) is 55.1 Å². The summed E-state index contributed by atoms with van der Waals surface area (Å²) in [6.45, 7) is 0.408. The number of aromatic nitrogens is 5. The summed E-state index contributed by atoms with van der Waals surface area (Å²) in [6, 6.07) is 9.48. The van der Waals surface area contributed by atoms with E-state index in [9.17, 15) is 13.2 Å². The smallest absolute Gasteiger partial charge is 0.162 e. The highest BCUT2D eigenvalue weighted by Gasteiger charge is 2.16. The number of para-hydroxylation sites is 1. The number of halogens is 3. The topological polar surface area (TPSA) is 79.4 Å². The molecule has 9 heteroatoms. The summed E-state index contributed by atoms with van der Waals surface area (Å²) in [4.78, 5) is 19.8. The number of H-pyrrole nitrogens is 1. The monoisotopic (exact) mass is 420 g/mol. The molecular formula is C22H15F3N6. The van der Waals surface area contributed by atoms with Gasteiger partial charge in [-0.25, -0.2) is 33.1 Å². The number of hydrogen-bond donors (Lipinski definition) is 2. The zero-order valence-electron chi connectivity index (χ0n) is 16.0. The summed E-state index contributed by atoms with van der Waals surface area (Å²) in [5.41, 5.74) is 2.12. The van der Waals surface area contributed by atoms with Gasteiger partial charge in [-0.1, -0.05) is 12.1 Å². The second-order valence-electron chi connectivity index (χ2n) is 6.93. The lowest BCUT2D eigenvalue weighted by Gasteiger charge is -2.13. The Morgan fingerprint density at radius 1 is 0.903 bits per heavy atom. The first-order valence-corrected chi connectivity index (χ1v) is 9.51. The number of nitrogens with zero attached hydrogens (tertiary/aromatic N) is 4. The molecule has 0 saturated carbocycles. The van der Waals surface area contributed by atoms with Crippen LogP contribution in [0.2, 0.25) is 0 Å². The van der Waals surface area contributed by atoms with E-state index in [1.807, 2.05) is 0 Å². The van der Waals surface area contributed by atoms with Crippen LogP contribution in [0.5, 0.6) is 0 Å². The average molecular weight is 420 g/mol. The Morgan fingerprint density at radius 3 is 2.71 bits per heavy atom. The molecule has 5 rings (SSSR count). The quantitative estimate of drug-likeness (QED) is 0.433. The van der Waals surface area contributed by atoms with Gasteiger partial charge >= 0.3 is 0 Å². The molecule has 0 aliphatic heterocycles. The van der Waals surface area contributed by atoms with E-state index in [2.05, 4.69) is 30.2 Å². The Bertz CT molecular complexity index is 1420. The second-order valence-corrected chi connectivity index (χ2v) is 6.93. The van der Waals surface area contributed by atoms with Gasteiger partial charge in [0.2, 0.25) is 0 Å². The van der Waals surface area contributed by atoms with Crippen molar-refractivity contribution in [2.75, 3.05) is 11.9 Å². The number of nitrogens with one attached hydrogen (secondary N) is 2. The van der Waals surface area contributed by atoms with Crippen LogP contribution in [0.4, 0.5) is 19.0 Å². The van der Waals surface area contributed by atoms with Gasteiger partial charge in [0.15, 0.2) is 11.5 Å². The number of pyridine rings is 1. The van der Waals surface area contributed by atoms with Crippen molar-refractivity contribution >= 4 is 27.9 Å². The van der Waals surface area contributed by atoms with E-state index >= 15 is 0 Å². The second kappa shape index (κ2) is 7.67. The fourth-order valence-electron chi connectivity index (χ4n) is 3.52. The molecule has 5 aromatic rings. The van der Waals surface area contributed by atoms with Gasteiger partial charge in [-0.15, -0.1) is 0 Å². The van der Waals surface area contributed by atoms with E-state index in [0.29, 0.717) is 40.9 Å². The van der Waals surface area contributed by atoms with Gasteiger partial charge in [-0.05, 0) is 42.3 Å². The summed E-state index contributed by atoms with van der Waals surface area (Å²) < 4.78 is 42.7. The fourth-order valence-corrected chi connectivity index (χ4v) is 3.52. The molecule has 0 atom stereocenters. The summed E-state index contributed by atoms with van der Waals surface area (Å²) in [5.74, 6) is -1.21. The van der Waals surface area contributed by atoms with E-state index in [0.717, 1.165) is 18.2 Å². The summed E-state index contributed by atoms with van der Waals surface area (Å²) in [6.07, 6.45) is 3.34. The molecule has 0 unspecified atom stereocenters. The highest BCUT2D eigenvalue weighted by molar-refractivity contribution is 5.84. The van der Waals surface area contributed by atoms with E-state index in [-0.39, 0.29) is 16.8 Å². The first-order valence-electron chi connectivity index (χ1n) is 9.51. The third-order valence-electron chi connectivity index (χ3n) is 4.96. The summed E-state index contributed by atoms with van der Waals surface area (Å²) in [5, 5.41) is 3.76. The van der Waals surface area contributed by atoms with Crippen LogP contribution in [0.25, 0.3) is 33.3 Å². The van der Waals surface area contributed by atoms with Gasteiger partial charge in [0.1, 0.15) is 34.8 Å². The molecule has 2 N–H and O–H groups in total. The molecule has 0 saturated heterocycles. The van der Waals surface area contributed by atoms with Crippen molar-refractivity contribution in [3.05, 3.63) is 78.1 Å². The molecular weight excluding hydrogens is 405 g/mol. The SMILES string of the molecule is Fc1ccc(F)c(-c2nc3c(F)cccc3cc2CCNc2ncnc3[nH]cnc23)c1. The van der Waals surface area contributed by atoms with Crippen molar-refractivity contribution in [2.24, 2.45) is 0 Å². The van der Waals surface area contributed by atoms with E-state index < -0.39 is 17.5 Å². The lowest BCUT2D eigenvalue weighted by atomic mass is 10.00. The normalized spacial score (nSPS) is 11.3. The Kier molecular flexibility index (Phi) is 4.70. The number of anilines is 1. The third-order valence-corrected chi connectivity index (χ3v) is 4.96. The van der Waals surface area contributed by atoms with Gasteiger partial charge in [0, 0.05) is 17.5 Å². The molecule has 0 fully saturated rings. The van der Waals surface area contributed by atoms with Crippen LogP contribution in [-0.2, 0) is 6.42 Å².